The maximum atomic E-state index is 11.7. The Bertz CT molecular complexity index is 390. The highest BCUT2D eigenvalue weighted by molar-refractivity contribution is 7.17. The van der Waals surface area contributed by atoms with Crippen molar-refractivity contribution in [3.05, 3.63) is 5.01 Å². The van der Waals surface area contributed by atoms with Gasteiger partial charge in [-0.3, -0.25) is 4.79 Å². The van der Waals surface area contributed by atoms with Crippen LogP contribution in [0.1, 0.15) is 35.5 Å². The van der Waals surface area contributed by atoms with Crippen LogP contribution in [0.15, 0.2) is 0 Å². The summed E-state index contributed by atoms with van der Waals surface area (Å²) in [7, 11) is 1.75. The molecule has 1 heterocycles. The Hall–Kier alpha value is -1.21. The molecule has 0 spiro atoms. The highest BCUT2D eigenvalue weighted by atomic mass is 32.1. The number of nitrogens with zero attached hydrogens (tertiary/aromatic N) is 2. The molecule has 1 aromatic rings. The summed E-state index contributed by atoms with van der Waals surface area (Å²) >= 11 is 1.24. The monoisotopic (exact) mass is 270 g/mol. The number of amides is 1. The Kier molecular flexibility index (Phi) is 4.89. The first-order valence-electron chi connectivity index (χ1n) is 6.20. The topological polar surface area (TPSA) is 76.1 Å². The van der Waals surface area contributed by atoms with Gasteiger partial charge in [-0.1, -0.05) is 24.2 Å². The van der Waals surface area contributed by atoms with Gasteiger partial charge >= 0.3 is 0 Å². The lowest BCUT2D eigenvalue weighted by Crippen LogP contribution is -2.28. The van der Waals surface area contributed by atoms with Crippen molar-refractivity contribution < 1.29 is 9.53 Å². The summed E-state index contributed by atoms with van der Waals surface area (Å²) in [5.41, 5.74) is 0. The molecule has 2 N–H and O–H groups in total. The first-order valence-corrected chi connectivity index (χ1v) is 7.02. The minimum absolute atomic E-state index is 0.191. The number of rotatable bonds is 6. The zero-order chi connectivity index (χ0) is 12.8. The summed E-state index contributed by atoms with van der Waals surface area (Å²) in [4.78, 5) is 11.7. The molecule has 0 atom stereocenters. The van der Waals surface area contributed by atoms with Crippen LogP contribution in [0, 0.1) is 0 Å². The molecule has 0 aliphatic heterocycles. The van der Waals surface area contributed by atoms with Crippen LogP contribution in [0.25, 0.3) is 0 Å². The van der Waals surface area contributed by atoms with Gasteiger partial charge in [-0.2, -0.15) is 0 Å². The van der Waals surface area contributed by atoms with Crippen LogP contribution < -0.4 is 10.6 Å². The van der Waals surface area contributed by atoms with E-state index in [2.05, 4.69) is 20.8 Å². The largest absolute Gasteiger partial charge is 0.376 e. The van der Waals surface area contributed by atoms with Crippen molar-refractivity contribution in [3.63, 3.8) is 0 Å². The Balaban J connectivity index is 1.65. The number of ether oxygens (including phenoxy) is 1. The maximum Gasteiger partial charge on any atom is 0.282 e. The van der Waals surface area contributed by atoms with Crippen molar-refractivity contribution in [1.29, 1.82) is 0 Å². The van der Waals surface area contributed by atoms with Gasteiger partial charge in [0.25, 0.3) is 5.91 Å². The van der Waals surface area contributed by atoms with E-state index in [1.807, 2.05) is 0 Å². The molecule has 2 rings (SSSR count). The maximum absolute atomic E-state index is 11.7. The summed E-state index contributed by atoms with van der Waals surface area (Å²) < 4.78 is 5.66. The van der Waals surface area contributed by atoms with Crippen LogP contribution >= 0.6 is 11.3 Å². The Morgan fingerprint density at radius 1 is 1.44 bits per heavy atom. The quantitative estimate of drug-likeness (QED) is 0.761. The molecule has 0 radical (unpaired) electrons. The van der Waals surface area contributed by atoms with Gasteiger partial charge in [0, 0.05) is 13.6 Å². The van der Waals surface area contributed by atoms with E-state index in [4.69, 9.17) is 4.74 Å². The van der Waals surface area contributed by atoms with Gasteiger partial charge in [0.05, 0.1) is 12.7 Å². The number of hydrogen-bond donors (Lipinski definition) is 2. The van der Waals surface area contributed by atoms with Gasteiger partial charge in [0.2, 0.25) is 10.1 Å². The van der Waals surface area contributed by atoms with Crippen molar-refractivity contribution in [2.45, 2.75) is 31.8 Å². The van der Waals surface area contributed by atoms with E-state index in [0.717, 1.165) is 12.8 Å². The third kappa shape index (κ3) is 3.64. The summed E-state index contributed by atoms with van der Waals surface area (Å²) in [6, 6.07) is 0. The van der Waals surface area contributed by atoms with Crippen LogP contribution in [0.3, 0.4) is 0 Å². The molecule has 0 unspecified atom stereocenters. The second kappa shape index (κ2) is 6.65. The molecule has 7 heteroatoms. The third-order valence-electron chi connectivity index (χ3n) is 2.88. The Morgan fingerprint density at radius 3 is 2.89 bits per heavy atom. The molecular formula is C11H18N4O2S. The van der Waals surface area contributed by atoms with Crippen molar-refractivity contribution >= 4 is 22.4 Å². The van der Waals surface area contributed by atoms with E-state index in [1.165, 1.54) is 24.2 Å². The van der Waals surface area contributed by atoms with Gasteiger partial charge in [-0.15, -0.1) is 10.2 Å². The van der Waals surface area contributed by atoms with E-state index in [-0.39, 0.29) is 5.91 Å². The van der Waals surface area contributed by atoms with Gasteiger partial charge in [0.15, 0.2) is 0 Å². The van der Waals surface area contributed by atoms with Gasteiger partial charge in [-0.05, 0) is 12.8 Å². The van der Waals surface area contributed by atoms with Crippen LogP contribution in [0.4, 0.5) is 5.13 Å². The number of anilines is 1. The zero-order valence-electron chi connectivity index (χ0n) is 10.4. The van der Waals surface area contributed by atoms with E-state index < -0.39 is 0 Å². The average Bonchev–Trinajstić information content (AvgIpc) is 3.05. The number of aromatic nitrogens is 2. The van der Waals surface area contributed by atoms with E-state index in [9.17, 15) is 4.79 Å². The Labute approximate surface area is 110 Å². The van der Waals surface area contributed by atoms with Crippen molar-refractivity contribution in [2.75, 3.05) is 25.5 Å². The molecule has 0 saturated heterocycles. The fourth-order valence-electron chi connectivity index (χ4n) is 1.94. The van der Waals surface area contributed by atoms with Gasteiger partial charge < -0.3 is 15.4 Å². The molecule has 0 bridgehead atoms. The lowest BCUT2D eigenvalue weighted by atomic mass is 10.3. The van der Waals surface area contributed by atoms with E-state index in [1.54, 1.807) is 7.05 Å². The molecule has 0 aromatic carbocycles. The van der Waals surface area contributed by atoms with Crippen LogP contribution in [0.5, 0.6) is 0 Å². The lowest BCUT2D eigenvalue weighted by Gasteiger charge is -2.10. The smallest absolute Gasteiger partial charge is 0.282 e. The van der Waals surface area contributed by atoms with Crippen LogP contribution in [-0.2, 0) is 4.74 Å². The normalized spacial score (nSPS) is 15.8. The summed E-state index contributed by atoms with van der Waals surface area (Å²) in [5.74, 6) is -0.191. The Morgan fingerprint density at radius 2 is 2.22 bits per heavy atom. The fourth-order valence-corrected chi connectivity index (χ4v) is 2.55. The van der Waals surface area contributed by atoms with Gasteiger partial charge in [-0.25, -0.2) is 0 Å². The van der Waals surface area contributed by atoms with Crippen molar-refractivity contribution in [3.8, 4) is 0 Å². The van der Waals surface area contributed by atoms with Gasteiger partial charge in [0.1, 0.15) is 0 Å². The molecular weight excluding hydrogens is 252 g/mol. The summed E-state index contributed by atoms with van der Waals surface area (Å²) in [6.45, 7) is 1.08. The number of nitrogens with one attached hydrogen (secondary N) is 2. The molecule has 1 aliphatic carbocycles. The fraction of sp³-hybridized carbons (Fsp3) is 0.727. The lowest BCUT2D eigenvalue weighted by molar-refractivity contribution is 0.0581. The highest BCUT2D eigenvalue weighted by Crippen LogP contribution is 2.20. The van der Waals surface area contributed by atoms with E-state index >= 15 is 0 Å². The average molecular weight is 270 g/mol. The van der Waals surface area contributed by atoms with Crippen molar-refractivity contribution in [2.24, 2.45) is 0 Å². The number of hydrogen-bond acceptors (Lipinski definition) is 6. The third-order valence-corrected chi connectivity index (χ3v) is 3.82. The molecule has 1 aliphatic rings. The first-order chi connectivity index (χ1) is 8.79. The minimum Gasteiger partial charge on any atom is -0.376 e. The molecule has 1 amide bonds. The molecule has 1 fully saturated rings. The summed E-state index contributed by atoms with van der Waals surface area (Å²) in [5, 5.41) is 14.2. The summed E-state index contributed by atoms with van der Waals surface area (Å²) in [6.07, 6.45) is 5.20. The standard InChI is InChI=1S/C11H18N4O2S/c1-12-11-15-14-10(18-11)9(16)13-6-7-17-8-4-2-3-5-8/h8H,2-7H2,1H3,(H,12,15)(H,13,16). The van der Waals surface area contributed by atoms with Crippen LogP contribution in [0.2, 0.25) is 0 Å². The molecule has 18 heavy (non-hydrogen) atoms. The molecule has 100 valence electrons. The predicted octanol–water partition coefficient (Wildman–Crippen LogP) is 1.27. The number of carbonyl (C=O) groups excluding carboxylic acids is 1. The minimum atomic E-state index is -0.191. The SMILES string of the molecule is CNc1nnc(C(=O)NCCOC2CCCC2)s1. The highest BCUT2D eigenvalue weighted by Gasteiger charge is 2.15. The first kappa shape index (κ1) is 13.2. The predicted molar refractivity (Wildman–Crippen MR) is 70.0 cm³/mol. The second-order valence-corrected chi connectivity index (χ2v) is 5.17. The van der Waals surface area contributed by atoms with Crippen LogP contribution in [-0.4, -0.2) is 42.4 Å². The number of carbonyl (C=O) groups is 1. The molecule has 1 saturated carbocycles. The van der Waals surface area contributed by atoms with Crippen molar-refractivity contribution in [1.82, 2.24) is 15.5 Å². The molecule has 6 nitrogen and oxygen atoms in total. The van der Waals surface area contributed by atoms with E-state index in [0.29, 0.717) is 29.4 Å². The second-order valence-electron chi connectivity index (χ2n) is 4.20. The molecule has 1 aromatic heterocycles. The zero-order valence-corrected chi connectivity index (χ0v) is 11.3.